The van der Waals surface area contributed by atoms with Crippen LogP contribution in [-0.4, -0.2) is 25.8 Å². The van der Waals surface area contributed by atoms with Crippen molar-refractivity contribution in [3.05, 3.63) is 0 Å². The van der Waals surface area contributed by atoms with Gasteiger partial charge in [-0.2, -0.15) is 0 Å². The van der Waals surface area contributed by atoms with Gasteiger partial charge in [-0.15, -0.1) is 0 Å². The maximum absolute atomic E-state index is 5.56. The molecule has 2 nitrogen and oxygen atoms in total. The van der Waals surface area contributed by atoms with E-state index in [-0.39, 0.29) is 0 Å². The van der Waals surface area contributed by atoms with Gasteiger partial charge in [-0.1, -0.05) is 26.7 Å². The van der Waals surface area contributed by atoms with Crippen molar-refractivity contribution in [2.75, 3.05) is 19.8 Å². The van der Waals surface area contributed by atoms with Crippen LogP contribution in [0, 0.1) is 5.41 Å². The van der Waals surface area contributed by atoms with Gasteiger partial charge < -0.3 is 10.1 Å². The lowest BCUT2D eigenvalue weighted by Crippen LogP contribution is -2.45. The van der Waals surface area contributed by atoms with Gasteiger partial charge in [0.05, 0.1) is 6.61 Å². The molecule has 1 saturated carbocycles. The zero-order chi connectivity index (χ0) is 10.4. The van der Waals surface area contributed by atoms with Gasteiger partial charge in [0.25, 0.3) is 0 Å². The van der Waals surface area contributed by atoms with E-state index in [1.807, 2.05) is 0 Å². The van der Waals surface area contributed by atoms with Gasteiger partial charge in [-0.3, -0.25) is 0 Å². The van der Waals surface area contributed by atoms with E-state index in [1.165, 1.54) is 25.7 Å². The van der Waals surface area contributed by atoms with Crippen molar-refractivity contribution in [2.24, 2.45) is 5.41 Å². The second kappa shape index (κ2) is 5.72. The molecule has 1 rings (SSSR count). The molecule has 0 saturated heterocycles. The van der Waals surface area contributed by atoms with E-state index in [0.717, 1.165) is 19.8 Å². The molecule has 0 amide bonds. The monoisotopic (exact) mass is 199 g/mol. The van der Waals surface area contributed by atoms with Crippen molar-refractivity contribution in [1.29, 1.82) is 0 Å². The Morgan fingerprint density at radius 1 is 1.29 bits per heavy atom. The first-order valence-electron chi connectivity index (χ1n) is 6.04. The standard InChI is InChI=1S/C12H25NO/c1-4-13-11(10-14-5-2)12(3)8-6-7-9-12/h11,13H,4-10H2,1-3H3. The zero-order valence-corrected chi connectivity index (χ0v) is 9.94. The normalized spacial score (nSPS) is 22.5. The van der Waals surface area contributed by atoms with Gasteiger partial charge in [0, 0.05) is 12.6 Å². The Labute approximate surface area is 88.4 Å². The molecule has 1 atom stereocenters. The number of hydrogen-bond acceptors (Lipinski definition) is 2. The predicted molar refractivity (Wildman–Crippen MR) is 60.5 cm³/mol. The Hall–Kier alpha value is -0.0800. The number of nitrogens with one attached hydrogen (secondary N) is 1. The van der Waals surface area contributed by atoms with Crippen molar-refractivity contribution in [3.8, 4) is 0 Å². The minimum atomic E-state index is 0.477. The van der Waals surface area contributed by atoms with Crippen LogP contribution in [-0.2, 0) is 4.74 Å². The minimum Gasteiger partial charge on any atom is -0.380 e. The van der Waals surface area contributed by atoms with E-state index in [2.05, 4.69) is 26.1 Å². The fraction of sp³-hybridized carbons (Fsp3) is 1.00. The van der Waals surface area contributed by atoms with Crippen LogP contribution in [0.1, 0.15) is 46.5 Å². The highest BCUT2D eigenvalue weighted by Gasteiger charge is 2.36. The summed E-state index contributed by atoms with van der Waals surface area (Å²) in [6.45, 7) is 9.41. The molecule has 1 aliphatic carbocycles. The summed E-state index contributed by atoms with van der Waals surface area (Å²) in [6, 6.07) is 0.551. The highest BCUT2D eigenvalue weighted by atomic mass is 16.5. The summed E-state index contributed by atoms with van der Waals surface area (Å²) < 4.78 is 5.56. The molecule has 0 aromatic rings. The summed E-state index contributed by atoms with van der Waals surface area (Å²) >= 11 is 0. The molecule has 1 aliphatic rings. The molecule has 14 heavy (non-hydrogen) atoms. The summed E-state index contributed by atoms with van der Waals surface area (Å²) in [5.41, 5.74) is 0.477. The predicted octanol–water partition coefficient (Wildman–Crippen LogP) is 2.58. The lowest BCUT2D eigenvalue weighted by atomic mass is 9.81. The van der Waals surface area contributed by atoms with Crippen LogP contribution in [0.25, 0.3) is 0 Å². The Bertz CT molecular complexity index is 152. The van der Waals surface area contributed by atoms with E-state index < -0.39 is 0 Å². The van der Waals surface area contributed by atoms with E-state index >= 15 is 0 Å². The van der Waals surface area contributed by atoms with Crippen molar-refractivity contribution in [2.45, 2.75) is 52.5 Å². The maximum Gasteiger partial charge on any atom is 0.0624 e. The van der Waals surface area contributed by atoms with Crippen LogP contribution >= 0.6 is 0 Å². The van der Waals surface area contributed by atoms with E-state index in [9.17, 15) is 0 Å². The third-order valence-corrected chi connectivity index (χ3v) is 3.53. The third-order valence-electron chi connectivity index (χ3n) is 3.53. The molecule has 2 heteroatoms. The molecule has 1 N–H and O–H groups in total. The lowest BCUT2D eigenvalue weighted by Gasteiger charge is -2.34. The van der Waals surface area contributed by atoms with Gasteiger partial charge in [0.1, 0.15) is 0 Å². The SMILES string of the molecule is CCNC(COCC)C1(C)CCCC1. The highest BCUT2D eigenvalue weighted by molar-refractivity contribution is 4.91. The van der Waals surface area contributed by atoms with Crippen molar-refractivity contribution in [1.82, 2.24) is 5.32 Å². The fourth-order valence-corrected chi connectivity index (χ4v) is 2.52. The molecule has 0 bridgehead atoms. The van der Waals surface area contributed by atoms with Crippen LogP contribution in [0.4, 0.5) is 0 Å². The molecule has 0 aliphatic heterocycles. The number of rotatable bonds is 6. The van der Waals surface area contributed by atoms with Gasteiger partial charge in [0.15, 0.2) is 0 Å². The Kier molecular flexibility index (Phi) is 4.90. The molecule has 84 valence electrons. The fourth-order valence-electron chi connectivity index (χ4n) is 2.52. The topological polar surface area (TPSA) is 21.3 Å². The molecule has 0 spiro atoms. The van der Waals surface area contributed by atoms with E-state index in [4.69, 9.17) is 4.74 Å². The zero-order valence-electron chi connectivity index (χ0n) is 9.94. The molecule has 0 aromatic heterocycles. The Morgan fingerprint density at radius 2 is 1.93 bits per heavy atom. The summed E-state index contributed by atoms with van der Waals surface area (Å²) in [7, 11) is 0. The quantitative estimate of drug-likeness (QED) is 0.710. The summed E-state index contributed by atoms with van der Waals surface area (Å²) in [5, 5.41) is 3.57. The molecule has 0 heterocycles. The number of ether oxygens (including phenoxy) is 1. The van der Waals surface area contributed by atoms with Crippen LogP contribution in [0.3, 0.4) is 0 Å². The Morgan fingerprint density at radius 3 is 2.43 bits per heavy atom. The minimum absolute atomic E-state index is 0.477. The molecular formula is C12H25NO. The molecule has 0 aromatic carbocycles. The van der Waals surface area contributed by atoms with Gasteiger partial charge in [0.2, 0.25) is 0 Å². The number of likely N-dealkylation sites (N-methyl/N-ethyl adjacent to an activating group) is 1. The largest absolute Gasteiger partial charge is 0.380 e. The smallest absolute Gasteiger partial charge is 0.0624 e. The first kappa shape index (κ1) is 12.0. The van der Waals surface area contributed by atoms with Crippen molar-refractivity contribution < 1.29 is 4.74 Å². The summed E-state index contributed by atoms with van der Waals surface area (Å²) in [6.07, 6.45) is 5.50. The molecule has 1 fully saturated rings. The molecule has 1 unspecified atom stereocenters. The summed E-state index contributed by atoms with van der Waals surface area (Å²) in [4.78, 5) is 0. The molecule has 0 radical (unpaired) electrons. The maximum atomic E-state index is 5.56. The van der Waals surface area contributed by atoms with Crippen molar-refractivity contribution >= 4 is 0 Å². The van der Waals surface area contributed by atoms with Crippen LogP contribution < -0.4 is 5.32 Å². The van der Waals surface area contributed by atoms with Crippen LogP contribution in [0.2, 0.25) is 0 Å². The van der Waals surface area contributed by atoms with E-state index in [0.29, 0.717) is 11.5 Å². The average molecular weight is 199 g/mol. The second-order valence-corrected chi connectivity index (χ2v) is 4.63. The van der Waals surface area contributed by atoms with Crippen LogP contribution in [0.5, 0.6) is 0 Å². The summed E-state index contributed by atoms with van der Waals surface area (Å²) in [5.74, 6) is 0. The van der Waals surface area contributed by atoms with Gasteiger partial charge in [-0.25, -0.2) is 0 Å². The van der Waals surface area contributed by atoms with E-state index in [1.54, 1.807) is 0 Å². The molecular weight excluding hydrogens is 174 g/mol. The third kappa shape index (κ3) is 2.96. The van der Waals surface area contributed by atoms with Gasteiger partial charge in [-0.05, 0) is 31.7 Å². The second-order valence-electron chi connectivity index (χ2n) is 4.63. The first-order valence-corrected chi connectivity index (χ1v) is 6.04. The van der Waals surface area contributed by atoms with Crippen molar-refractivity contribution in [3.63, 3.8) is 0 Å². The van der Waals surface area contributed by atoms with Gasteiger partial charge >= 0.3 is 0 Å². The first-order chi connectivity index (χ1) is 6.73. The number of hydrogen-bond donors (Lipinski definition) is 1. The highest BCUT2D eigenvalue weighted by Crippen LogP contribution is 2.40. The lowest BCUT2D eigenvalue weighted by molar-refractivity contribution is 0.0731. The van der Waals surface area contributed by atoms with Crippen LogP contribution in [0.15, 0.2) is 0 Å². The average Bonchev–Trinajstić information content (AvgIpc) is 2.60. The Balaban J connectivity index is 2.46.